The van der Waals surface area contributed by atoms with E-state index in [-0.39, 0.29) is 10.8 Å². The molecule has 1 aromatic rings. The fraction of sp³-hybridized carbons (Fsp3) is 0.611. The summed E-state index contributed by atoms with van der Waals surface area (Å²) in [5.74, 6) is 0.397. The largest absolute Gasteiger partial charge is 0.316 e. The highest BCUT2D eigenvalue weighted by Gasteiger charge is 2.38. The zero-order valence-corrected chi connectivity index (χ0v) is 13.3. The molecule has 1 aliphatic heterocycles. The van der Waals surface area contributed by atoms with E-state index in [4.69, 9.17) is 0 Å². The van der Waals surface area contributed by atoms with Gasteiger partial charge in [-0.3, -0.25) is 4.79 Å². The van der Waals surface area contributed by atoms with Crippen molar-refractivity contribution >= 4 is 5.78 Å². The van der Waals surface area contributed by atoms with Crippen LogP contribution in [0.1, 0.15) is 51.7 Å². The van der Waals surface area contributed by atoms with E-state index in [2.05, 4.69) is 57.3 Å². The lowest BCUT2D eigenvalue weighted by atomic mass is 9.77. The average Bonchev–Trinajstić information content (AvgIpc) is 2.88. The van der Waals surface area contributed by atoms with Gasteiger partial charge in [0.05, 0.1) is 0 Å². The molecule has 0 bridgehead atoms. The Labute approximate surface area is 123 Å². The molecule has 1 saturated heterocycles. The van der Waals surface area contributed by atoms with Gasteiger partial charge in [0.15, 0.2) is 0 Å². The highest BCUT2D eigenvalue weighted by Crippen LogP contribution is 2.32. The van der Waals surface area contributed by atoms with Crippen LogP contribution in [0.3, 0.4) is 0 Å². The van der Waals surface area contributed by atoms with Crippen molar-refractivity contribution in [3.63, 3.8) is 0 Å². The van der Waals surface area contributed by atoms with Gasteiger partial charge in [-0.15, -0.1) is 0 Å². The molecule has 0 aromatic heterocycles. The van der Waals surface area contributed by atoms with Crippen LogP contribution in [0.25, 0.3) is 0 Å². The number of ketones is 1. The first-order valence-electron chi connectivity index (χ1n) is 7.71. The Morgan fingerprint density at radius 3 is 2.35 bits per heavy atom. The quantitative estimate of drug-likeness (QED) is 0.910. The maximum Gasteiger partial charge on any atom is 0.144 e. The number of hydrogen-bond acceptors (Lipinski definition) is 2. The van der Waals surface area contributed by atoms with Crippen LogP contribution < -0.4 is 5.32 Å². The van der Waals surface area contributed by atoms with Gasteiger partial charge in [0.2, 0.25) is 0 Å². The monoisotopic (exact) mass is 273 g/mol. The molecule has 1 fully saturated rings. The fourth-order valence-electron chi connectivity index (χ4n) is 2.98. The molecule has 0 radical (unpaired) electrons. The highest BCUT2D eigenvalue weighted by molar-refractivity contribution is 5.87. The lowest BCUT2D eigenvalue weighted by molar-refractivity contribution is -0.127. The topological polar surface area (TPSA) is 29.1 Å². The summed E-state index contributed by atoms with van der Waals surface area (Å²) in [6, 6.07) is 8.55. The Kier molecular flexibility index (Phi) is 4.33. The molecule has 0 saturated carbocycles. The van der Waals surface area contributed by atoms with Gasteiger partial charge < -0.3 is 5.32 Å². The number of Topliss-reactive ketones (excluding diaryl/α,β-unsaturated/α-hetero) is 1. The molecular weight excluding hydrogens is 246 g/mol. The van der Waals surface area contributed by atoms with E-state index < -0.39 is 0 Å². The van der Waals surface area contributed by atoms with Crippen molar-refractivity contribution in [1.29, 1.82) is 0 Å². The number of hydrogen-bond donors (Lipinski definition) is 1. The molecule has 110 valence electrons. The van der Waals surface area contributed by atoms with Gasteiger partial charge in [0.1, 0.15) is 5.78 Å². The van der Waals surface area contributed by atoms with Crippen LogP contribution in [0.5, 0.6) is 0 Å². The summed E-state index contributed by atoms with van der Waals surface area (Å²) < 4.78 is 0. The zero-order valence-electron chi connectivity index (χ0n) is 13.3. The average molecular weight is 273 g/mol. The molecule has 0 amide bonds. The minimum atomic E-state index is -0.122. The molecule has 20 heavy (non-hydrogen) atoms. The van der Waals surface area contributed by atoms with E-state index in [0.29, 0.717) is 12.2 Å². The molecule has 2 heteroatoms. The van der Waals surface area contributed by atoms with Crippen molar-refractivity contribution in [3.8, 4) is 0 Å². The van der Waals surface area contributed by atoms with Crippen LogP contribution >= 0.6 is 0 Å². The zero-order chi connectivity index (χ0) is 14.8. The minimum Gasteiger partial charge on any atom is -0.316 e. The van der Waals surface area contributed by atoms with Gasteiger partial charge in [0, 0.05) is 18.4 Å². The number of nitrogens with one attached hydrogen (secondary N) is 1. The summed E-state index contributed by atoms with van der Waals surface area (Å²) in [6.07, 6.45) is 2.50. The first-order valence-corrected chi connectivity index (χ1v) is 7.71. The second-order valence-corrected chi connectivity index (χ2v) is 7.11. The summed E-state index contributed by atoms with van der Waals surface area (Å²) in [4.78, 5) is 12.6. The molecule has 1 heterocycles. The first kappa shape index (κ1) is 15.2. The number of benzene rings is 1. The van der Waals surface area contributed by atoms with E-state index >= 15 is 0 Å². The predicted octanol–water partition coefficient (Wildman–Crippen LogP) is 3.49. The van der Waals surface area contributed by atoms with Crippen molar-refractivity contribution in [3.05, 3.63) is 35.4 Å². The molecule has 2 nitrogen and oxygen atoms in total. The van der Waals surface area contributed by atoms with Crippen LogP contribution in [-0.4, -0.2) is 18.9 Å². The molecule has 0 spiro atoms. The van der Waals surface area contributed by atoms with Crippen molar-refractivity contribution in [1.82, 2.24) is 5.32 Å². The minimum absolute atomic E-state index is 0.122. The van der Waals surface area contributed by atoms with Gasteiger partial charge in [-0.05, 0) is 35.9 Å². The summed E-state index contributed by atoms with van der Waals surface area (Å²) in [7, 11) is 0. The van der Waals surface area contributed by atoms with Gasteiger partial charge in [0.25, 0.3) is 0 Å². The van der Waals surface area contributed by atoms with Crippen LogP contribution in [0.15, 0.2) is 24.3 Å². The van der Waals surface area contributed by atoms with Gasteiger partial charge in [-0.2, -0.15) is 0 Å². The third-order valence-corrected chi connectivity index (χ3v) is 4.70. The summed E-state index contributed by atoms with van der Waals surface area (Å²) >= 11 is 0. The summed E-state index contributed by atoms with van der Waals surface area (Å²) in [5, 5.41) is 3.34. The summed E-state index contributed by atoms with van der Waals surface area (Å²) in [6.45, 7) is 10.6. The Morgan fingerprint density at radius 1 is 1.25 bits per heavy atom. The van der Waals surface area contributed by atoms with Crippen LogP contribution in [0.4, 0.5) is 0 Å². The molecule has 0 aliphatic carbocycles. The van der Waals surface area contributed by atoms with Gasteiger partial charge in [-0.1, -0.05) is 52.0 Å². The second-order valence-electron chi connectivity index (χ2n) is 7.11. The predicted molar refractivity (Wildman–Crippen MR) is 84.1 cm³/mol. The highest BCUT2D eigenvalue weighted by atomic mass is 16.1. The van der Waals surface area contributed by atoms with Crippen molar-refractivity contribution in [2.45, 2.75) is 52.4 Å². The van der Waals surface area contributed by atoms with Gasteiger partial charge >= 0.3 is 0 Å². The van der Waals surface area contributed by atoms with E-state index in [1.54, 1.807) is 0 Å². The molecule has 1 N–H and O–H groups in total. The maximum absolute atomic E-state index is 12.6. The molecule has 1 atom stereocenters. The molecule has 1 unspecified atom stereocenters. The molecule has 2 rings (SSSR count). The lowest BCUT2D eigenvalue weighted by Gasteiger charge is -2.25. The Hall–Kier alpha value is -1.15. The number of carbonyl (C=O) groups is 1. The number of rotatable bonds is 4. The molecule has 1 aromatic carbocycles. The van der Waals surface area contributed by atoms with Crippen molar-refractivity contribution < 1.29 is 4.79 Å². The molecule has 1 aliphatic rings. The Balaban J connectivity index is 2.08. The third kappa shape index (κ3) is 3.12. The van der Waals surface area contributed by atoms with Gasteiger partial charge in [-0.25, -0.2) is 0 Å². The van der Waals surface area contributed by atoms with E-state index in [9.17, 15) is 4.79 Å². The van der Waals surface area contributed by atoms with E-state index in [1.807, 2.05) is 0 Å². The van der Waals surface area contributed by atoms with E-state index in [0.717, 1.165) is 31.5 Å². The fourth-order valence-corrected chi connectivity index (χ4v) is 2.98. The second kappa shape index (κ2) is 5.69. The summed E-state index contributed by atoms with van der Waals surface area (Å²) in [5.41, 5.74) is 2.51. The normalized spacial score (nSPS) is 23.0. The SMILES string of the molecule is CCC1(C(=O)Cc2ccc(C(C)(C)C)cc2)CCNC1. The number of carbonyl (C=O) groups excluding carboxylic acids is 1. The first-order chi connectivity index (χ1) is 9.37. The maximum atomic E-state index is 12.6. The van der Waals surface area contributed by atoms with Crippen LogP contribution in [-0.2, 0) is 16.6 Å². The lowest BCUT2D eigenvalue weighted by Crippen LogP contribution is -2.34. The molecular formula is C18H27NO. The Morgan fingerprint density at radius 2 is 1.90 bits per heavy atom. The smallest absolute Gasteiger partial charge is 0.144 e. The van der Waals surface area contributed by atoms with Crippen LogP contribution in [0, 0.1) is 5.41 Å². The van der Waals surface area contributed by atoms with Crippen molar-refractivity contribution in [2.75, 3.05) is 13.1 Å². The van der Waals surface area contributed by atoms with E-state index in [1.165, 1.54) is 5.56 Å². The standard InChI is InChI=1S/C18H27NO/c1-5-18(10-11-19-13-18)16(20)12-14-6-8-15(9-7-14)17(2,3)4/h6-9,19H,5,10-13H2,1-4H3. The Bertz CT molecular complexity index is 461. The van der Waals surface area contributed by atoms with Crippen LogP contribution in [0.2, 0.25) is 0 Å². The third-order valence-electron chi connectivity index (χ3n) is 4.70. The van der Waals surface area contributed by atoms with Crippen molar-refractivity contribution in [2.24, 2.45) is 5.41 Å².